The van der Waals surface area contributed by atoms with E-state index in [2.05, 4.69) is 17.3 Å². The minimum atomic E-state index is 0.149. The van der Waals surface area contributed by atoms with Crippen molar-refractivity contribution in [3.05, 3.63) is 35.4 Å². The van der Waals surface area contributed by atoms with Gasteiger partial charge in [-0.25, -0.2) is 0 Å². The average molecular weight is 246 g/mol. The molecule has 0 saturated carbocycles. The van der Waals surface area contributed by atoms with Gasteiger partial charge in [0.15, 0.2) is 5.78 Å². The van der Waals surface area contributed by atoms with Gasteiger partial charge < -0.3 is 10.2 Å². The van der Waals surface area contributed by atoms with E-state index >= 15 is 0 Å². The molecule has 0 radical (unpaired) electrons. The van der Waals surface area contributed by atoms with Crippen LogP contribution in [0.15, 0.2) is 24.3 Å². The van der Waals surface area contributed by atoms with Gasteiger partial charge >= 0.3 is 0 Å². The molecule has 1 heterocycles. The summed E-state index contributed by atoms with van der Waals surface area (Å²) >= 11 is 0. The van der Waals surface area contributed by atoms with E-state index in [9.17, 15) is 4.79 Å². The van der Waals surface area contributed by atoms with Crippen molar-refractivity contribution in [1.29, 1.82) is 0 Å². The molecule has 1 aromatic carbocycles. The van der Waals surface area contributed by atoms with Crippen LogP contribution in [0.3, 0.4) is 0 Å². The number of Topliss-reactive ketones (excluding diaryl/α,β-unsaturated/α-hetero) is 1. The summed E-state index contributed by atoms with van der Waals surface area (Å²) in [7, 11) is 2.17. The first kappa shape index (κ1) is 13.2. The zero-order chi connectivity index (χ0) is 13.0. The van der Waals surface area contributed by atoms with Gasteiger partial charge in [-0.1, -0.05) is 24.3 Å². The van der Waals surface area contributed by atoms with Crippen molar-refractivity contribution in [3.63, 3.8) is 0 Å². The van der Waals surface area contributed by atoms with Crippen molar-refractivity contribution in [2.24, 2.45) is 0 Å². The molecule has 98 valence electrons. The van der Waals surface area contributed by atoms with Gasteiger partial charge in [0.05, 0.1) is 0 Å². The largest absolute Gasteiger partial charge is 0.310 e. The van der Waals surface area contributed by atoms with Crippen molar-refractivity contribution in [3.8, 4) is 0 Å². The Balaban J connectivity index is 1.92. The number of carbonyl (C=O) groups is 1. The smallest absolute Gasteiger partial charge is 0.160 e. The zero-order valence-electron chi connectivity index (χ0n) is 11.3. The standard InChI is InChI=1S/C15H22N2O/c1-12(18)15-6-4-3-5-13(15)11-16-14-7-9-17(2)10-8-14/h3-6,14,16H,7-11H2,1-2H3. The predicted molar refractivity (Wildman–Crippen MR) is 73.8 cm³/mol. The summed E-state index contributed by atoms with van der Waals surface area (Å²) in [6.07, 6.45) is 2.39. The van der Waals surface area contributed by atoms with Gasteiger partial charge in [0.25, 0.3) is 0 Å². The molecule has 0 aromatic heterocycles. The molecule has 1 aromatic rings. The Morgan fingerprint density at radius 2 is 2.00 bits per heavy atom. The van der Waals surface area contributed by atoms with Gasteiger partial charge in [-0.3, -0.25) is 4.79 Å². The molecule has 1 aliphatic heterocycles. The summed E-state index contributed by atoms with van der Waals surface area (Å²) in [4.78, 5) is 13.9. The van der Waals surface area contributed by atoms with Crippen LogP contribution in [0.1, 0.15) is 35.7 Å². The molecule has 0 spiro atoms. The van der Waals surface area contributed by atoms with Crippen LogP contribution in [0, 0.1) is 0 Å². The van der Waals surface area contributed by atoms with Crippen LogP contribution >= 0.6 is 0 Å². The maximum atomic E-state index is 11.5. The number of hydrogen-bond donors (Lipinski definition) is 1. The van der Waals surface area contributed by atoms with Gasteiger partial charge in [-0.2, -0.15) is 0 Å². The molecule has 0 atom stereocenters. The molecular weight excluding hydrogens is 224 g/mol. The highest BCUT2D eigenvalue weighted by atomic mass is 16.1. The normalized spacial score (nSPS) is 17.9. The van der Waals surface area contributed by atoms with Gasteiger partial charge in [0, 0.05) is 18.2 Å². The molecule has 0 bridgehead atoms. The monoisotopic (exact) mass is 246 g/mol. The lowest BCUT2D eigenvalue weighted by Crippen LogP contribution is -2.40. The molecule has 18 heavy (non-hydrogen) atoms. The van der Waals surface area contributed by atoms with Crippen molar-refractivity contribution >= 4 is 5.78 Å². The summed E-state index contributed by atoms with van der Waals surface area (Å²) in [6.45, 7) is 4.75. The second kappa shape index (κ2) is 6.12. The van der Waals surface area contributed by atoms with E-state index in [1.807, 2.05) is 24.3 Å². The van der Waals surface area contributed by atoms with Crippen molar-refractivity contribution in [2.75, 3.05) is 20.1 Å². The van der Waals surface area contributed by atoms with Gasteiger partial charge in [0.1, 0.15) is 0 Å². The fourth-order valence-corrected chi connectivity index (χ4v) is 2.48. The van der Waals surface area contributed by atoms with Crippen LogP contribution < -0.4 is 5.32 Å². The zero-order valence-corrected chi connectivity index (χ0v) is 11.3. The molecule has 0 unspecified atom stereocenters. The average Bonchev–Trinajstić information content (AvgIpc) is 2.38. The van der Waals surface area contributed by atoms with E-state index in [1.54, 1.807) is 6.92 Å². The highest BCUT2D eigenvalue weighted by molar-refractivity contribution is 5.95. The van der Waals surface area contributed by atoms with E-state index in [0.29, 0.717) is 6.04 Å². The van der Waals surface area contributed by atoms with E-state index in [-0.39, 0.29) is 5.78 Å². The number of piperidine rings is 1. The Bertz CT molecular complexity index is 409. The molecule has 1 aliphatic rings. The number of rotatable bonds is 4. The molecule has 0 aliphatic carbocycles. The fraction of sp³-hybridized carbons (Fsp3) is 0.533. The Morgan fingerprint density at radius 1 is 1.33 bits per heavy atom. The number of nitrogens with one attached hydrogen (secondary N) is 1. The Labute approximate surface area is 109 Å². The van der Waals surface area contributed by atoms with Crippen molar-refractivity contribution in [1.82, 2.24) is 10.2 Å². The molecular formula is C15H22N2O. The van der Waals surface area contributed by atoms with E-state index < -0.39 is 0 Å². The Morgan fingerprint density at radius 3 is 2.67 bits per heavy atom. The first-order valence-corrected chi connectivity index (χ1v) is 6.67. The topological polar surface area (TPSA) is 32.3 Å². The number of benzene rings is 1. The minimum Gasteiger partial charge on any atom is -0.310 e. The number of carbonyl (C=O) groups excluding carboxylic acids is 1. The van der Waals surface area contributed by atoms with Crippen LogP contribution in [0.5, 0.6) is 0 Å². The first-order valence-electron chi connectivity index (χ1n) is 6.67. The van der Waals surface area contributed by atoms with E-state index in [1.165, 1.54) is 12.8 Å². The second-order valence-electron chi connectivity index (χ2n) is 5.17. The molecule has 1 fully saturated rings. The van der Waals surface area contributed by atoms with Crippen LogP contribution in [0.4, 0.5) is 0 Å². The number of ketones is 1. The third kappa shape index (κ3) is 3.40. The van der Waals surface area contributed by atoms with Crippen LogP contribution in [-0.4, -0.2) is 36.9 Å². The SMILES string of the molecule is CC(=O)c1ccccc1CNC1CCN(C)CC1. The van der Waals surface area contributed by atoms with Crippen molar-refractivity contribution < 1.29 is 4.79 Å². The molecule has 3 nitrogen and oxygen atoms in total. The van der Waals surface area contributed by atoms with Crippen LogP contribution in [0.25, 0.3) is 0 Å². The third-order valence-corrected chi connectivity index (χ3v) is 3.70. The van der Waals surface area contributed by atoms with Gasteiger partial charge in [-0.05, 0) is 45.5 Å². The molecule has 1 N–H and O–H groups in total. The lowest BCUT2D eigenvalue weighted by Gasteiger charge is -2.29. The first-order chi connectivity index (χ1) is 8.66. The Hall–Kier alpha value is -1.19. The molecule has 3 heteroatoms. The molecule has 0 amide bonds. The summed E-state index contributed by atoms with van der Waals surface area (Å²) in [6, 6.07) is 8.46. The second-order valence-corrected chi connectivity index (χ2v) is 5.17. The third-order valence-electron chi connectivity index (χ3n) is 3.70. The Kier molecular flexibility index (Phi) is 4.50. The highest BCUT2D eigenvalue weighted by Gasteiger charge is 2.16. The number of likely N-dealkylation sites (tertiary alicyclic amines) is 1. The van der Waals surface area contributed by atoms with Crippen LogP contribution in [0.2, 0.25) is 0 Å². The molecule has 2 rings (SSSR count). The maximum absolute atomic E-state index is 11.5. The molecule has 1 saturated heterocycles. The van der Waals surface area contributed by atoms with E-state index in [4.69, 9.17) is 0 Å². The number of nitrogens with zero attached hydrogens (tertiary/aromatic N) is 1. The quantitative estimate of drug-likeness (QED) is 0.826. The van der Waals surface area contributed by atoms with Gasteiger partial charge in [0.2, 0.25) is 0 Å². The fourth-order valence-electron chi connectivity index (χ4n) is 2.48. The number of hydrogen-bond acceptors (Lipinski definition) is 3. The lowest BCUT2D eigenvalue weighted by atomic mass is 10.0. The lowest BCUT2D eigenvalue weighted by molar-refractivity contribution is 0.101. The maximum Gasteiger partial charge on any atom is 0.160 e. The van der Waals surface area contributed by atoms with Crippen molar-refractivity contribution in [2.45, 2.75) is 32.4 Å². The summed E-state index contributed by atoms with van der Waals surface area (Å²) in [5.74, 6) is 0.149. The van der Waals surface area contributed by atoms with Crippen LogP contribution in [-0.2, 0) is 6.54 Å². The van der Waals surface area contributed by atoms with E-state index in [0.717, 1.165) is 30.8 Å². The summed E-state index contributed by atoms with van der Waals surface area (Å²) in [5.41, 5.74) is 1.96. The van der Waals surface area contributed by atoms with Gasteiger partial charge in [-0.15, -0.1) is 0 Å². The predicted octanol–water partition coefficient (Wildman–Crippen LogP) is 2.07. The highest BCUT2D eigenvalue weighted by Crippen LogP contribution is 2.12. The summed E-state index contributed by atoms with van der Waals surface area (Å²) < 4.78 is 0. The summed E-state index contributed by atoms with van der Waals surface area (Å²) in [5, 5.41) is 3.57. The minimum absolute atomic E-state index is 0.149.